The smallest absolute Gasteiger partial charge is 0.180 e. The van der Waals surface area contributed by atoms with Crippen molar-refractivity contribution in [3.8, 4) is 11.5 Å². The van der Waals surface area contributed by atoms with Gasteiger partial charge in [0.05, 0.1) is 19.4 Å². The van der Waals surface area contributed by atoms with E-state index in [0.29, 0.717) is 6.10 Å². The van der Waals surface area contributed by atoms with Gasteiger partial charge in [0.1, 0.15) is 0 Å². The lowest BCUT2D eigenvalue weighted by Gasteiger charge is -2.10. The number of rotatable bonds is 3. The zero-order valence-electron chi connectivity index (χ0n) is 7.91. The van der Waals surface area contributed by atoms with Crippen LogP contribution in [0.5, 0.6) is 11.5 Å². The maximum Gasteiger partial charge on any atom is 0.180 e. The number of aromatic nitrogens is 1. The van der Waals surface area contributed by atoms with E-state index < -0.39 is 0 Å². The van der Waals surface area contributed by atoms with Gasteiger partial charge in [-0.05, 0) is 19.8 Å². The van der Waals surface area contributed by atoms with E-state index in [0.717, 1.165) is 29.9 Å². The Labute approximate surface area is 77.7 Å². The van der Waals surface area contributed by atoms with E-state index in [4.69, 9.17) is 9.47 Å². The molecule has 0 unspecified atom stereocenters. The molecule has 1 aromatic heterocycles. The second-order valence-corrected chi connectivity index (χ2v) is 3.30. The highest BCUT2D eigenvalue weighted by Crippen LogP contribution is 2.34. The number of ether oxygens (including phenoxy) is 2. The van der Waals surface area contributed by atoms with Crippen LogP contribution in [0.3, 0.4) is 0 Å². The Balaban J connectivity index is 2.25. The molecular formula is C10H13NO2. The minimum atomic E-state index is 0.387. The summed E-state index contributed by atoms with van der Waals surface area (Å²) >= 11 is 0. The molecule has 3 heteroatoms. The van der Waals surface area contributed by atoms with E-state index in [1.165, 1.54) is 0 Å². The van der Waals surface area contributed by atoms with Crippen LogP contribution in [-0.4, -0.2) is 18.2 Å². The van der Waals surface area contributed by atoms with Crippen molar-refractivity contribution in [3.63, 3.8) is 0 Å². The Morgan fingerprint density at radius 1 is 1.38 bits per heavy atom. The predicted molar refractivity (Wildman–Crippen MR) is 49.2 cm³/mol. The number of pyridine rings is 1. The topological polar surface area (TPSA) is 31.4 Å². The molecule has 0 atom stereocenters. The van der Waals surface area contributed by atoms with Crippen LogP contribution in [0.25, 0.3) is 0 Å². The van der Waals surface area contributed by atoms with E-state index in [1.807, 2.05) is 6.92 Å². The van der Waals surface area contributed by atoms with Crippen LogP contribution in [0.2, 0.25) is 0 Å². The maximum atomic E-state index is 5.64. The molecule has 70 valence electrons. The van der Waals surface area contributed by atoms with Crippen molar-refractivity contribution in [2.75, 3.05) is 7.11 Å². The Kier molecular flexibility index (Phi) is 2.08. The summed E-state index contributed by atoms with van der Waals surface area (Å²) in [6.45, 7) is 1.96. The molecule has 0 radical (unpaired) electrons. The van der Waals surface area contributed by atoms with Gasteiger partial charge in [0.25, 0.3) is 0 Å². The van der Waals surface area contributed by atoms with Crippen LogP contribution in [-0.2, 0) is 0 Å². The predicted octanol–water partition coefficient (Wildman–Crippen LogP) is 1.94. The molecule has 0 N–H and O–H groups in total. The summed E-state index contributed by atoms with van der Waals surface area (Å²) in [5.74, 6) is 1.58. The molecule has 0 saturated heterocycles. The monoisotopic (exact) mass is 179 g/mol. The fraction of sp³-hybridized carbons (Fsp3) is 0.500. The van der Waals surface area contributed by atoms with Gasteiger partial charge in [-0.25, -0.2) is 0 Å². The summed E-state index contributed by atoms with van der Waals surface area (Å²) in [6, 6.07) is 0. The van der Waals surface area contributed by atoms with Gasteiger partial charge in [0.2, 0.25) is 0 Å². The molecule has 1 saturated carbocycles. The SMILES string of the molecule is COc1c(C)cncc1OC1CC1. The Bertz CT molecular complexity index is 308. The second kappa shape index (κ2) is 3.24. The van der Waals surface area contributed by atoms with Crippen molar-refractivity contribution in [2.24, 2.45) is 0 Å². The zero-order valence-corrected chi connectivity index (χ0v) is 7.91. The first-order valence-corrected chi connectivity index (χ1v) is 4.46. The van der Waals surface area contributed by atoms with Gasteiger partial charge in [-0.15, -0.1) is 0 Å². The van der Waals surface area contributed by atoms with Gasteiger partial charge in [-0.2, -0.15) is 0 Å². The highest BCUT2D eigenvalue weighted by atomic mass is 16.5. The molecule has 0 bridgehead atoms. The average molecular weight is 179 g/mol. The lowest BCUT2D eigenvalue weighted by Crippen LogP contribution is -2.00. The first-order valence-electron chi connectivity index (χ1n) is 4.46. The minimum absolute atomic E-state index is 0.387. The Morgan fingerprint density at radius 3 is 2.77 bits per heavy atom. The van der Waals surface area contributed by atoms with Gasteiger partial charge < -0.3 is 9.47 Å². The molecule has 1 fully saturated rings. The second-order valence-electron chi connectivity index (χ2n) is 3.30. The molecule has 1 aliphatic rings. The summed E-state index contributed by atoms with van der Waals surface area (Å²) in [5.41, 5.74) is 1.01. The third-order valence-corrected chi connectivity index (χ3v) is 2.06. The molecule has 2 rings (SSSR count). The van der Waals surface area contributed by atoms with Crippen molar-refractivity contribution in [3.05, 3.63) is 18.0 Å². The lowest BCUT2D eigenvalue weighted by molar-refractivity contribution is 0.280. The van der Waals surface area contributed by atoms with Crippen LogP contribution in [0.1, 0.15) is 18.4 Å². The normalized spacial score (nSPS) is 15.5. The van der Waals surface area contributed by atoms with E-state index in [-0.39, 0.29) is 0 Å². The number of hydrogen-bond acceptors (Lipinski definition) is 3. The average Bonchev–Trinajstić information content (AvgIpc) is 2.89. The summed E-state index contributed by atoms with van der Waals surface area (Å²) in [6.07, 6.45) is 6.18. The van der Waals surface area contributed by atoms with Gasteiger partial charge in [-0.1, -0.05) is 0 Å². The van der Waals surface area contributed by atoms with Crippen molar-refractivity contribution < 1.29 is 9.47 Å². The van der Waals surface area contributed by atoms with Crippen LogP contribution in [0, 0.1) is 6.92 Å². The quantitative estimate of drug-likeness (QED) is 0.710. The molecule has 3 nitrogen and oxygen atoms in total. The third kappa shape index (κ3) is 1.74. The number of aryl methyl sites for hydroxylation is 1. The molecule has 1 heterocycles. The van der Waals surface area contributed by atoms with Gasteiger partial charge in [0.15, 0.2) is 11.5 Å². The first kappa shape index (κ1) is 8.35. The molecule has 0 aromatic carbocycles. The summed E-state index contributed by atoms with van der Waals surface area (Å²) in [4.78, 5) is 4.07. The summed E-state index contributed by atoms with van der Waals surface area (Å²) in [7, 11) is 1.65. The van der Waals surface area contributed by atoms with Crippen LogP contribution >= 0.6 is 0 Å². The van der Waals surface area contributed by atoms with Crippen molar-refractivity contribution >= 4 is 0 Å². The van der Waals surface area contributed by atoms with Crippen molar-refractivity contribution in [1.29, 1.82) is 0 Å². The van der Waals surface area contributed by atoms with E-state index >= 15 is 0 Å². The highest BCUT2D eigenvalue weighted by Gasteiger charge is 2.25. The van der Waals surface area contributed by atoms with Gasteiger partial charge >= 0.3 is 0 Å². The molecule has 13 heavy (non-hydrogen) atoms. The molecule has 1 aliphatic carbocycles. The molecule has 0 aliphatic heterocycles. The Hall–Kier alpha value is -1.25. The summed E-state index contributed by atoms with van der Waals surface area (Å²) < 4.78 is 10.9. The van der Waals surface area contributed by atoms with Gasteiger partial charge in [0, 0.05) is 11.8 Å². The van der Waals surface area contributed by atoms with E-state index in [9.17, 15) is 0 Å². The van der Waals surface area contributed by atoms with Crippen LogP contribution in [0.4, 0.5) is 0 Å². The Morgan fingerprint density at radius 2 is 2.15 bits per heavy atom. The van der Waals surface area contributed by atoms with Crippen LogP contribution < -0.4 is 9.47 Å². The number of hydrogen-bond donors (Lipinski definition) is 0. The molecule has 0 spiro atoms. The van der Waals surface area contributed by atoms with Crippen LogP contribution in [0.15, 0.2) is 12.4 Å². The molecule has 1 aromatic rings. The van der Waals surface area contributed by atoms with E-state index in [2.05, 4.69) is 4.98 Å². The number of nitrogens with zero attached hydrogens (tertiary/aromatic N) is 1. The lowest BCUT2D eigenvalue weighted by atomic mass is 10.3. The molecule has 0 amide bonds. The van der Waals surface area contributed by atoms with E-state index in [1.54, 1.807) is 19.5 Å². The van der Waals surface area contributed by atoms with Crippen molar-refractivity contribution in [2.45, 2.75) is 25.9 Å². The minimum Gasteiger partial charge on any atom is -0.492 e. The fourth-order valence-electron chi connectivity index (χ4n) is 1.24. The maximum absolute atomic E-state index is 5.64. The fourth-order valence-corrected chi connectivity index (χ4v) is 1.24. The van der Waals surface area contributed by atoms with Gasteiger partial charge in [-0.3, -0.25) is 4.98 Å². The first-order chi connectivity index (χ1) is 6.31. The highest BCUT2D eigenvalue weighted by molar-refractivity contribution is 5.43. The third-order valence-electron chi connectivity index (χ3n) is 2.06. The zero-order chi connectivity index (χ0) is 9.26. The molecular weight excluding hydrogens is 166 g/mol. The largest absolute Gasteiger partial charge is 0.492 e. The summed E-state index contributed by atoms with van der Waals surface area (Å²) in [5, 5.41) is 0. The van der Waals surface area contributed by atoms with Crippen molar-refractivity contribution in [1.82, 2.24) is 4.98 Å². The standard InChI is InChI=1S/C10H13NO2/c1-7-5-11-6-9(10(7)12-2)13-8-3-4-8/h5-6,8H,3-4H2,1-2H3. The number of methoxy groups -OCH3 is 1.